The zero-order valence-corrected chi connectivity index (χ0v) is 16.1. The van der Waals surface area contributed by atoms with E-state index in [1.807, 2.05) is 13.0 Å². The Morgan fingerprint density at radius 1 is 1.20 bits per heavy atom. The van der Waals surface area contributed by atoms with Gasteiger partial charge in [0.25, 0.3) is 0 Å². The lowest BCUT2D eigenvalue weighted by atomic mass is 9.46. The van der Waals surface area contributed by atoms with Crippen molar-refractivity contribution in [2.24, 2.45) is 34.5 Å². The fourth-order valence-electron chi connectivity index (χ4n) is 7.32. The summed E-state index contributed by atoms with van der Waals surface area (Å²) in [5.41, 5.74) is 2.96. The standard InChI is InChI=1S/C23H32O2/c1-5-20(25)21-14(2)12-19-17-7-6-15-13-16(24)8-10-22(15,3)18(17)9-11-23(19,21)4/h13,17-19,21H,2,5-12H2,1,3-4H3/t17-,18+,19+,21-,22+,23+/m1/s1. The Balaban J connectivity index is 1.68. The summed E-state index contributed by atoms with van der Waals surface area (Å²) in [6, 6.07) is 0. The van der Waals surface area contributed by atoms with E-state index < -0.39 is 0 Å². The fourth-order valence-corrected chi connectivity index (χ4v) is 7.32. The third-order valence-electron chi connectivity index (χ3n) is 8.62. The molecule has 0 radical (unpaired) electrons. The van der Waals surface area contributed by atoms with Crippen LogP contribution >= 0.6 is 0 Å². The molecule has 25 heavy (non-hydrogen) atoms. The Morgan fingerprint density at radius 2 is 1.96 bits per heavy atom. The summed E-state index contributed by atoms with van der Waals surface area (Å²) in [7, 11) is 0. The van der Waals surface area contributed by atoms with Crippen LogP contribution in [0.25, 0.3) is 0 Å². The number of carbonyl (C=O) groups is 2. The molecule has 0 bridgehead atoms. The van der Waals surface area contributed by atoms with Crippen LogP contribution in [0.1, 0.15) is 72.1 Å². The van der Waals surface area contributed by atoms with E-state index in [9.17, 15) is 9.59 Å². The third kappa shape index (κ3) is 2.28. The van der Waals surface area contributed by atoms with Crippen LogP contribution in [0.2, 0.25) is 0 Å². The summed E-state index contributed by atoms with van der Waals surface area (Å²) in [6.07, 6.45) is 10.0. The molecule has 0 spiro atoms. The van der Waals surface area contributed by atoms with Gasteiger partial charge in [-0.2, -0.15) is 0 Å². The second-order valence-corrected chi connectivity index (χ2v) is 9.63. The van der Waals surface area contributed by atoms with Crippen LogP contribution < -0.4 is 0 Å². The van der Waals surface area contributed by atoms with Crippen molar-refractivity contribution in [3.05, 3.63) is 23.8 Å². The Morgan fingerprint density at radius 3 is 2.68 bits per heavy atom. The smallest absolute Gasteiger partial charge is 0.155 e. The molecule has 0 saturated heterocycles. The van der Waals surface area contributed by atoms with Gasteiger partial charge in [-0.25, -0.2) is 0 Å². The summed E-state index contributed by atoms with van der Waals surface area (Å²) in [5, 5.41) is 0. The van der Waals surface area contributed by atoms with Crippen molar-refractivity contribution in [1.82, 2.24) is 0 Å². The number of Topliss-reactive ketones (excluding diaryl/α,β-unsaturated/α-hetero) is 1. The number of ketones is 2. The highest BCUT2D eigenvalue weighted by atomic mass is 16.1. The molecule has 4 aliphatic carbocycles. The zero-order chi connectivity index (χ0) is 18.0. The molecule has 3 fully saturated rings. The van der Waals surface area contributed by atoms with E-state index >= 15 is 0 Å². The molecular weight excluding hydrogens is 308 g/mol. The molecule has 2 nitrogen and oxygen atoms in total. The normalized spacial score (nSPS) is 46.1. The summed E-state index contributed by atoms with van der Waals surface area (Å²) in [4.78, 5) is 24.6. The van der Waals surface area contributed by atoms with E-state index in [0.717, 1.165) is 32.1 Å². The number of hydrogen-bond donors (Lipinski definition) is 0. The maximum atomic E-state index is 12.7. The molecule has 3 saturated carbocycles. The molecule has 0 aromatic carbocycles. The highest BCUT2D eigenvalue weighted by Crippen LogP contribution is 2.67. The Labute approximate surface area is 152 Å². The first kappa shape index (κ1) is 17.2. The lowest BCUT2D eigenvalue weighted by molar-refractivity contribution is -0.129. The molecule has 2 heteroatoms. The van der Waals surface area contributed by atoms with Crippen molar-refractivity contribution < 1.29 is 9.59 Å². The van der Waals surface area contributed by atoms with Crippen molar-refractivity contribution in [1.29, 1.82) is 0 Å². The Bertz CT molecular complexity index is 672. The van der Waals surface area contributed by atoms with Gasteiger partial charge in [0.1, 0.15) is 5.78 Å². The van der Waals surface area contributed by atoms with E-state index in [2.05, 4.69) is 20.4 Å². The number of fused-ring (bicyclic) bond motifs is 5. The van der Waals surface area contributed by atoms with Gasteiger partial charge in [-0.05, 0) is 73.2 Å². The minimum Gasteiger partial charge on any atom is -0.299 e. The van der Waals surface area contributed by atoms with Crippen LogP contribution in [-0.2, 0) is 9.59 Å². The zero-order valence-electron chi connectivity index (χ0n) is 16.1. The van der Waals surface area contributed by atoms with Gasteiger partial charge in [0.2, 0.25) is 0 Å². The van der Waals surface area contributed by atoms with Gasteiger partial charge in [-0.15, -0.1) is 0 Å². The molecule has 0 aromatic rings. The Kier molecular flexibility index (Phi) is 3.90. The first-order valence-electron chi connectivity index (χ1n) is 10.3. The van der Waals surface area contributed by atoms with E-state index in [0.29, 0.717) is 35.7 Å². The van der Waals surface area contributed by atoms with Crippen molar-refractivity contribution in [3.8, 4) is 0 Å². The topological polar surface area (TPSA) is 34.1 Å². The molecule has 6 atom stereocenters. The first-order chi connectivity index (χ1) is 11.8. The van der Waals surface area contributed by atoms with E-state index in [1.54, 1.807) is 0 Å². The fraction of sp³-hybridized carbons (Fsp3) is 0.739. The number of carbonyl (C=O) groups excluding carboxylic acids is 2. The lowest BCUT2D eigenvalue weighted by Gasteiger charge is -2.57. The first-order valence-corrected chi connectivity index (χ1v) is 10.3. The molecule has 136 valence electrons. The predicted octanol–water partition coefficient (Wildman–Crippen LogP) is 5.28. The second-order valence-electron chi connectivity index (χ2n) is 9.63. The summed E-state index contributed by atoms with van der Waals surface area (Å²) >= 11 is 0. The average molecular weight is 341 g/mol. The molecule has 4 aliphatic rings. The van der Waals surface area contributed by atoms with Crippen LogP contribution in [-0.4, -0.2) is 11.6 Å². The maximum absolute atomic E-state index is 12.7. The molecular formula is C23H32O2. The van der Waals surface area contributed by atoms with E-state index in [-0.39, 0.29) is 16.7 Å². The van der Waals surface area contributed by atoms with Crippen LogP contribution in [0.4, 0.5) is 0 Å². The van der Waals surface area contributed by atoms with Gasteiger partial charge in [0.05, 0.1) is 0 Å². The van der Waals surface area contributed by atoms with Gasteiger partial charge in [0.15, 0.2) is 5.78 Å². The SMILES string of the molecule is C=C1C[C@H]2[C@@H]3CCC4=CC(=O)CC[C@]4(C)[C@H]3CC[C@]2(C)[C@H]1C(=O)CC. The van der Waals surface area contributed by atoms with Crippen LogP contribution in [0.3, 0.4) is 0 Å². The van der Waals surface area contributed by atoms with Crippen LogP contribution in [0, 0.1) is 34.5 Å². The molecule has 0 amide bonds. The number of allylic oxidation sites excluding steroid dienone is 2. The van der Waals surface area contributed by atoms with E-state index in [1.165, 1.54) is 24.0 Å². The quantitative estimate of drug-likeness (QED) is 0.641. The molecule has 0 aliphatic heterocycles. The van der Waals surface area contributed by atoms with Gasteiger partial charge in [-0.1, -0.05) is 38.5 Å². The largest absolute Gasteiger partial charge is 0.299 e. The van der Waals surface area contributed by atoms with Crippen molar-refractivity contribution in [3.63, 3.8) is 0 Å². The van der Waals surface area contributed by atoms with Crippen molar-refractivity contribution in [2.75, 3.05) is 0 Å². The molecule has 0 aromatic heterocycles. The predicted molar refractivity (Wildman–Crippen MR) is 100 cm³/mol. The van der Waals surface area contributed by atoms with Gasteiger partial charge in [0, 0.05) is 18.8 Å². The third-order valence-corrected chi connectivity index (χ3v) is 8.62. The number of rotatable bonds is 2. The summed E-state index contributed by atoms with van der Waals surface area (Å²) < 4.78 is 0. The molecule has 0 heterocycles. The Hall–Kier alpha value is -1.18. The van der Waals surface area contributed by atoms with Gasteiger partial charge in [-0.3, -0.25) is 9.59 Å². The van der Waals surface area contributed by atoms with Crippen LogP contribution in [0.15, 0.2) is 23.8 Å². The van der Waals surface area contributed by atoms with Gasteiger partial charge >= 0.3 is 0 Å². The summed E-state index contributed by atoms with van der Waals surface area (Å²) in [6.45, 7) is 11.1. The minimum absolute atomic E-state index is 0.0844. The minimum atomic E-state index is 0.0844. The van der Waals surface area contributed by atoms with Gasteiger partial charge < -0.3 is 0 Å². The van der Waals surface area contributed by atoms with Crippen molar-refractivity contribution in [2.45, 2.75) is 72.1 Å². The summed E-state index contributed by atoms with van der Waals surface area (Å²) in [5.74, 6) is 2.80. The highest BCUT2D eigenvalue weighted by Gasteiger charge is 2.60. The van der Waals surface area contributed by atoms with Crippen LogP contribution in [0.5, 0.6) is 0 Å². The molecule has 0 N–H and O–H groups in total. The second kappa shape index (κ2) is 5.66. The average Bonchev–Trinajstić information content (AvgIpc) is 2.85. The highest BCUT2D eigenvalue weighted by molar-refractivity contribution is 5.91. The maximum Gasteiger partial charge on any atom is 0.155 e. The molecule has 0 unspecified atom stereocenters. The number of hydrogen-bond acceptors (Lipinski definition) is 2. The van der Waals surface area contributed by atoms with E-state index in [4.69, 9.17) is 0 Å². The van der Waals surface area contributed by atoms with Crippen molar-refractivity contribution >= 4 is 11.6 Å². The monoisotopic (exact) mass is 340 g/mol. The molecule has 4 rings (SSSR count). The lowest BCUT2D eigenvalue weighted by Crippen LogP contribution is -2.51.